The molecule has 0 spiro atoms. The number of benzene rings is 1. The van der Waals surface area contributed by atoms with Crippen LogP contribution in [0, 0.1) is 0 Å². The molecule has 1 aromatic rings. The first-order valence-electron chi connectivity index (χ1n) is 31.6. The zero-order valence-corrected chi connectivity index (χ0v) is 47.6. The first-order chi connectivity index (χ1) is 35.0. The van der Waals surface area contributed by atoms with Crippen LogP contribution in [0.15, 0.2) is 12.1 Å². The van der Waals surface area contributed by atoms with Crippen molar-refractivity contribution in [3.05, 3.63) is 17.7 Å². The van der Waals surface area contributed by atoms with Gasteiger partial charge in [-0.25, -0.2) is 0 Å². The highest BCUT2D eigenvalue weighted by molar-refractivity contribution is 5.95. The maximum absolute atomic E-state index is 13.4. The molecule has 2 N–H and O–H groups in total. The van der Waals surface area contributed by atoms with Crippen LogP contribution < -0.4 is 19.5 Å². The van der Waals surface area contributed by atoms with Crippen LogP contribution in [0.2, 0.25) is 0 Å². The maximum atomic E-state index is 13.4. The SMILES string of the molecule is CCCCCCCCCCCCCCCCCCOc1cc(C(=O)NCCC(=O)O)cc(OCCCCCCCCCCCCCCCCCC)c1OCCCCCCCCCCCCCCCCCC. The van der Waals surface area contributed by atoms with Crippen molar-refractivity contribution in [1.82, 2.24) is 5.32 Å². The first-order valence-corrected chi connectivity index (χ1v) is 31.6. The van der Waals surface area contributed by atoms with Gasteiger partial charge in [-0.3, -0.25) is 9.59 Å². The number of carboxylic acid groups (broad SMARTS) is 1. The van der Waals surface area contributed by atoms with Crippen molar-refractivity contribution in [2.45, 2.75) is 335 Å². The van der Waals surface area contributed by atoms with Crippen LogP contribution in [0.25, 0.3) is 0 Å². The number of amides is 1. The lowest BCUT2D eigenvalue weighted by molar-refractivity contribution is -0.136. The van der Waals surface area contributed by atoms with Crippen molar-refractivity contribution in [2.24, 2.45) is 0 Å². The number of aliphatic carboxylic acids is 1. The summed E-state index contributed by atoms with van der Waals surface area (Å²) in [4.78, 5) is 24.6. The summed E-state index contributed by atoms with van der Waals surface area (Å²) in [6, 6.07) is 3.54. The quantitative estimate of drug-likeness (QED) is 0.0632. The second-order valence-corrected chi connectivity index (χ2v) is 21.7. The Kier molecular flexibility index (Phi) is 50.5. The predicted molar refractivity (Wildman–Crippen MR) is 306 cm³/mol. The molecule has 0 aromatic heterocycles. The minimum atomic E-state index is -0.936. The highest BCUT2D eigenvalue weighted by Crippen LogP contribution is 2.40. The van der Waals surface area contributed by atoms with E-state index in [4.69, 9.17) is 14.2 Å². The van der Waals surface area contributed by atoms with Crippen LogP contribution in [0.1, 0.15) is 346 Å². The maximum Gasteiger partial charge on any atom is 0.305 e. The molecule has 0 saturated heterocycles. The Morgan fingerprint density at radius 3 is 0.817 bits per heavy atom. The van der Waals surface area contributed by atoms with Crippen molar-refractivity contribution in [3.8, 4) is 17.2 Å². The minimum Gasteiger partial charge on any atom is -0.490 e. The summed E-state index contributed by atoms with van der Waals surface area (Å²) in [5.41, 5.74) is 0.411. The number of unbranched alkanes of at least 4 members (excludes halogenated alkanes) is 45. The van der Waals surface area contributed by atoms with Gasteiger partial charge in [0.15, 0.2) is 11.5 Å². The number of hydrogen-bond acceptors (Lipinski definition) is 5. The van der Waals surface area contributed by atoms with Crippen LogP contribution in [0.3, 0.4) is 0 Å². The molecule has 0 bridgehead atoms. The Morgan fingerprint density at radius 2 is 0.577 bits per heavy atom. The highest BCUT2D eigenvalue weighted by atomic mass is 16.5. The fraction of sp³-hybridized carbons (Fsp3) is 0.875. The zero-order valence-electron chi connectivity index (χ0n) is 47.6. The van der Waals surface area contributed by atoms with Crippen LogP contribution in [0.5, 0.6) is 17.2 Å². The highest BCUT2D eigenvalue weighted by Gasteiger charge is 2.19. The monoisotopic (exact) mass is 998 g/mol. The van der Waals surface area contributed by atoms with Gasteiger partial charge in [0.05, 0.1) is 26.2 Å². The Bertz CT molecular complexity index is 1230. The molecule has 0 radical (unpaired) electrons. The fourth-order valence-electron chi connectivity index (χ4n) is 9.94. The standard InChI is InChI=1S/C64H119NO6/c1-4-7-10-13-16-19-22-25-28-31-34-37-40-43-46-49-54-69-60-57-59(64(68)65-53-52-62(66)67)58-61(70-55-50-47-44-41-38-35-32-29-26-23-20-17-14-11-8-5-2)63(60)71-56-51-48-45-42-39-36-33-30-27-24-21-18-15-12-9-6-3/h57-58H,4-56H2,1-3H3,(H,65,68)(H,66,67). The Labute approximate surface area is 441 Å². The van der Waals surface area contributed by atoms with Crippen molar-refractivity contribution in [1.29, 1.82) is 0 Å². The van der Waals surface area contributed by atoms with Gasteiger partial charge < -0.3 is 24.6 Å². The Morgan fingerprint density at radius 1 is 0.352 bits per heavy atom. The van der Waals surface area contributed by atoms with Gasteiger partial charge in [-0.15, -0.1) is 0 Å². The van der Waals surface area contributed by atoms with Gasteiger partial charge in [-0.05, 0) is 31.4 Å². The van der Waals surface area contributed by atoms with Crippen molar-refractivity contribution in [3.63, 3.8) is 0 Å². The molecule has 0 fully saturated rings. The molecular weight excluding hydrogens is 879 g/mol. The first kappa shape index (κ1) is 66.6. The molecule has 0 unspecified atom stereocenters. The molecule has 7 nitrogen and oxygen atoms in total. The van der Waals surface area contributed by atoms with E-state index in [9.17, 15) is 14.7 Å². The molecule has 1 aromatic carbocycles. The van der Waals surface area contributed by atoms with Crippen LogP contribution in [-0.4, -0.2) is 43.3 Å². The molecule has 7 heteroatoms. The predicted octanol–water partition coefficient (Wildman–Crippen LogP) is 20.8. The average Bonchev–Trinajstić information content (AvgIpc) is 3.36. The number of carboxylic acids is 1. The van der Waals surface area contributed by atoms with Gasteiger partial charge in [-0.2, -0.15) is 0 Å². The number of carbonyl (C=O) groups is 2. The van der Waals surface area contributed by atoms with Crippen molar-refractivity contribution >= 4 is 11.9 Å². The van der Waals surface area contributed by atoms with E-state index in [1.54, 1.807) is 12.1 Å². The molecular formula is C64H119NO6. The number of ether oxygens (including phenoxy) is 3. The van der Waals surface area contributed by atoms with E-state index >= 15 is 0 Å². The fourth-order valence-corrected chi connectivity index (χ4v) is 9.94. The molecule has 71 heavy (non-hydrogen) atoms. The van der Waals surface area contributed by atoms with Gasteiger partial charge in [0.2, 0.25) is 5.75 Å². The molecule has 0 aliphatic carbocycles. The molecule has 0 aliphatic heterocycles. The van der Waals surface area contributed by atoms with Gasteiger partial charge in [-0.1, -0.05) is 310 Å². The summed E-state index contributed by atoms with van der Waals surface area (Å²) < 4.78 is 19.5. The molecule has 1 amide bonds. The molecule has 416 valence electrons. The van der Waals surface area contributed by atoms with E-state index in [0.29, 0.717) is 42.6 Å². The molecule has 0 saturated carbocycles. The lowest BCUT2D eigenvalue weighted by atomic mass is 10.0. The third-order valence-electron chi connectivity index (χ3n) is 14.7. The van der Waals surface area contributed by atoms with E-state index in [-0.39, 0.29) is 18.9 Å². The third kappa shape index (κ3) is 44.7. The number of rotatable bonds is 58. The summed E-state index contributed by atoms with van der Waals surface area (Å²) in [7, 11) is 0. The Hall–Kier alpha value is -2.44. The number of carbonyl (C=O) groups excluding carboxylic acids is 1. The van der Waals surface area contributed by atoms with Crippen LogP contribution in [0.4, 0.5) is 0 Å². The van der Waals surface area contributed by atoms with Crippen molar-refractivity contribution < 1.29 is 28.9 Å². The van der Waals surface area contributed by atoms with Crippen molar-refractivity contribution in [2.75, 3.05) is 26.4 Å². The van der Waals surface area contributed by atoms with Gasteiger partial charge in [0.1, 0.15) is 0 Å². The summed E-state index contributed by atoms with van der Waals surface area (Å²) in [6.45, 7) is 8.61. The second-order valence-electron chi connectivity index (χ2n) is 21.7. The van der Waals surface area contributed by atoms with E-state index in [1.807, 2.05) is 0 Å². The normalized spacial score (nSPS) is 11.4. The average molecular weight is 999 g/mol. The summed E-state index contributed by atoms with van der Waals surface area (Å²) in [5.74, 6) is 0.440. The molecule has 0 atom stereocenters. The van der Waals surface area contributed by atoms with E-state index in [1.165, 1.54) is 270 Å². The number of hydrogen-bond donors (Lipinski definition) is 2. The van der Waals surface area contributed by atoms with Crippen LogP contribution >= 0.6 is 0 Å². The van der Waals surface area contributed by atoms with Gasteiger partial charge in [0.25, 0.3) is 5.91 Å². The largest absolute Gasteiger partial charge is 0.490 e. The molecule has 0 aliphatic rings. The molecule has 0 heterocycles. The van der Waals surface area contributed by atoms with Gasteiger partial charge >= 0.3 is 5.97 Å². The lowest BCUT2D eigenvalue weighted by Gasteiger charge is -2.19. The Balaban J connectivity index is 2.67. The smallest absolute Gasteiger partial charge is 0.305 e. The van der Waals surface area contributed by atoms with E-state index < -0.39 is 5.97 Å². The lowest BCUT2D eigenvalue weighted by Crippen LogP contribution is -2.26. The van der Waals surface area contributed by atoms with E-state index in [2.05, 4.69) is 26.1 Å². The second kappa shape index (κ2) is 53.8. The molecule has 1 rings (SSSR count). The summed E-state index contributed by atoms with van der Waals surface area (Å²) in [6.07, 6.45) is 63.4. The third-order valence-corrected chi connectivity index (χ3v) is 14.7. The van der Waals surface area contributed by atoms with Gasteiger partial charge in [0, 0.05) is 12.1 Å². The summed E-state index contributed by atoms with van der Waals surface area (Å²) in [5, 5.41) is 12.0. The number of nitrogens with one attached hydrogen (secondary N) is 1. The topological polar surface area (TPSA) is 94.1 Å². The minimum absolute atomic E-state index is 0.0659. The summed E-state index contributed by atoms with van der Waals surface area (Å²) >= 11 is 0. The zero-order chi connectivity index (χ0) is 51.2. The van der Waals surface area contributed by atoms with E-state index in [0.717, 1.165) is 38.5 Å². The van der Waals surface area contributed by atoms with Crippen LogP contribution in [-0.2, 0) is 4.79 Å².